The highest BCUT2D eigenvalue weighted by Crippen LogP contribution is 2.16. The summed E-state index contributed by atoms with van der Waals surface area (Å²) in [6.07, 6.45) is 2.58. The lowest BCUT2D eigenvalue weighted by atomic mass is 10.2. The van der Waals surface area contributed by atoms with E-state index in [4.69, 9.17) is 4.74 Å². The Hall–Kier alpha value is -2.70. The number of aliphatic imine (C=N–C) groups is 1. The standard InChI is InChI=1S/C18H20F2N4O/c1-21-18(23-11-13-8-14(19)10-15(20)9-13)24-7-5-16(12-24)25-17-4-2-3-6-22-17/h2-4,6,8-10,16H,5,7,11-12H2,1H3,(H,21,23). The molecule has 0 saturated carbocycles. The molecule has 0 radical (unpaired) electrons. The van der Waals surface area contributed by atoms with Crippen LogP contribution in [0.15, 0.2) is 47.6 Å². The van der Waals surface area contributed by atoms with Crippen molar-refractivity contribution in [3.05, 3.63) is 59.8 Å². The highest BCUT2D eigenvalue weighted by Gasteiger charge is 2.26. The van der Waals surface area contributed by atoms with E-state index in [9.17, 15) is 8.78 Å². The SMILES string of the molecule is CN=C(NCc1cc(F)cc(F)c1)N1CCC(Oc2ccccn2)C1. The molecule has 5 nitrogen and oxygen atoms in total. The van der Waals surface area contributed by atoms with Crippen LogP contribution in [0.4, 0.5) is 8.78 Å². The fraction of sp³-hybridized carbons (Fsp3) is 0.333. The van der Waals surface area contributed by atoms with E-state index >= 15 is 0 Å². The van der Waals surface area contributed by atoms with Crippen molar-refractivity contribution in [2.75, 3.05) is 20.1 Å². The highest BCUT2D eigenvalue weighted by atomic mass is 19.1. The number of aromatic nitrogens is 1. The van der Waals surface area contributed by atoms with Crippen LogP contribution in [0.1, 0.15) is 12.0 Å². The monoisotopic (exact) mass is 346 g/mol. The molecule has 1 aliphatic heterocycles. The van der Waals surface area contributed by atoms with E-state index in [2.05, 4.69) is 20.2 Å². The molecule has 1 aromatic heterocycles. The van der Waals surface area contributed by atoms with Crippen LogP contribution in [-0.4, -0.2) is 42.1 Å². The molecule has 7 heteroatoms. The van der Waals surface area contributed by atoms with Gasteiger partial charge in [-0.3, -0.25) is 4.99 Å². The van der Waals surface area contributed by atoms with Gasteiger partial charge in [-0.05, 0) is 23.8 Å². The van der Waals surface area contributed by atoms with Gasteiger partial charge >= 0.3 is 0 Å². The second-order valence-corrected chi connectivity index (χ2v) is 5.82. The maximum Gasteiger partial charge on any atom is 0.213 e. The molecule has 0 spiro atoms. The Morgan fingerprint density at radius 3 is 2.80 bits per heavy atom. The van der Waals surface area contributed by atoms with Gasteiger partial charge in [0.1, 0.15) is 17.7 Å². The van der Waals surface area contributed by atoms with Crippen molar-refractivity contribution in [3.63, 3.8) is 0 Å². The number of hydrogen-bond acceptors (Lipinski definition) is 3. The second kappa shape index (κ2) is 7.92. The number of ether oxygens (including phenoxy) is 1. The number of rotatable bonds is 4. The molecule has 132 valence electrons. The van der Waals surface area contributed by atoms with Crippen LogP contribution >= 0.6 is 0 Å². The Labute approximate surface area is 145 Å². The summed E-state index contributed by atoms with van der Waals surface area (Å²) in [5.41, 5.74) is 0.527. The third-order valence-corrected chi connectivity index (χ3v) is 3.95. The summed E-state index contributed by atoms with van der Waals surface area (Å²) in [7, 11) is 1.68. The van der Waals surface area contributed by atoms with E-state index in [0.717, 1.165) is 19.0 Å². The first-order chi connectivity index (χ1) is 12.1. The van der Waals surface area contributed by atoms with Gasteiger partial charge in [-0.2, -0.15) is 0 Å². The van der Waals surface area contributed by atoms with Gasteiger partial charge in [0.25, 0.3) is 0 Å². The van der Waals surface area contributed by atoms with Gasteiger partial charge < -0.3 is 15.0 Å². The van der Waals surface area contributed by atoms with Crippen LogP contribution in [0.5, 0.6) is 5.88 Å². The number of nitrogens with zero attached hydrogens (tertiary/aromatic N) is 3. The molecule has 25 heavy (non-hydrogen) atoms. The van der Waals surface area contributed by atoms with Crippen molar-refractivity contribution in [2.24, 2.45) is 4.99 Å². The Morgan fingerprint density at radius 1 is 1.32 bits per heavy atom. The van der Waals surface area contributed by atoms with Gasteiger partial charge in [0.2, 0.25) is 5.88 Å². The van der Waals surface area contributed by atoms with Gasteiger partial charge in [-0.1, -0.05) is 6.07 Å². The minimum atomic E-state index is -0.586. The number of pyridine rings is 1. The minimum Gasteiger partial charge on any atom is -0.472 e. The number of benzene rings is 1. The summed E-state index contributed by atoms with van der Waals surface area (Å²) in [4.78, 5) is 10.5. The predicted molar refractivity (Wildman–Crippen MR) is 91.4 cm³/mol. The molecule has 1 aromatic carbocycles. The van der Waals surface area contributed by atoms with Crippen molar-refractivity contribution < 1.29 is 13.5 Å². The normalized spacial score (nSPS) is 17.6. The summed E-state index contributed by atoms with van der Waals surface area (Å²) in [6.45, 7) is 1.76. The predicted octanol–water partition coefficient (Wildman–Crippen LogP) is 2.59. The molecule has 1 unspecified atom stereocenters. The molecular formula is C18H20F2N4O. The Morgan fingerprint density at radius 2 is 2.12 bits per heavy atom. The smallest absolute Gasteiger partial charge is 0.213 e. The Bertz CT molecular complexity index is 719. The zero-order valence-corrected chi connectivity index (χ0v) is 14.0. The van der Waals surface area contributed by atoms with Gasteiger partial charge in [0, 0.05) is 44.9 Å². The first-order valence-corrected chi connectivity index (χ1v) is 8.12. The second-order valence-electron chi connectivity index (χ2n) is 5.82. The Kier molecular flexibility index (Phi) is 5.42. The average Bonchev–Trinajstić information content (AvgIpc) is 3.04. The molecule has 1 fully saturated rings. The molecule has 1 saturated heterocycles. The van der Waals surface area contributed by atoms with Crippen molar-refractivity contribution in [1.82, 2.24) is 15.2 Å². The topological polar surface area (TPSA) is 49.8 Å². The largest absolute Gasteiger partial charge is 0.472 e. The number of likely N-dealkylation sites (tertiary alicyclic amines) is 1. The Balaban J connectivity index is 1.55. The van der Waals surface area contributed by atoms with Gasteiger partial charge in [0.15, 0.2) is 5.96 Å². The summed E-state index contributed by atoms with van der Waals surface area (Å²) in [6, 6.07) is 9.02. The number of hydrogen-bond donors (Lipinski definition) is 1. The zero-order chi connectivity index (χ0) is 17.6. The lowest BCUT2D eigenvalue weighted by Gasteiger charge is -2.21. The maximum atomic E-state index is 13.3. The molecule has 0 amide bonds. The van der Waals surface area contributed by atoms with Crippen LogP contribution < -0.4 is 10.1 Å². The van der Waals surface area contributed by atoms with E-state index in [1.54, 1.807) is 13.2 Å². The van der Waals surface area contributed by atoms with E-state index in [1.165, 1.54) is 12.1 Å². The average molecular weight is 346 g/mol. The molecule has 1 aliphatic rings. The van der Waals surface area contributed by atoms with Crippen LogP contribution in [0.3, 0.4) is 0 Å². The van der Waals surface area contributed by atoms with Gasteiger partial charge in [0.05, 0.1) is 6.54 Å². The lowest BCUT2D eigenvalue weighted by Crippen LogP contribution is -2.40. The molecule has 2 aromatic rings. The first kappa shape index (κ1) is 17.1. The molecule has 2 heterocycles. The number of nitrogens with one attached hydrogen (secondary N) is 1. The van der Waals surface area contributed by atoms with E-state index < -0.39 is 11.6 Å². The molecule has 0 bridgehead atoms. The third-order valence-electron chi connectivity index (χ3n) is 3.95. The molecular weight excluding hydrogens is 326 g/mol. The van der Waals surface area contributed by atoms with E-state index in [-0.39, 0.29) is 6.10 Å². The number of halogens is 2. The quantitative estimate of drug-likeness (QED) is 0.683. The molecule has 1 atom stereocenters. The van der Waals surface area contributed by atoms with Crippen LogP contribution in [0.25, 0.3) is 0 Å². The van der Waals surface area contributed by atoms with Crippen LogP contribution in [-0.2, 0) is 6.54 Å². The van der Waals surface area contributed by atoms with Gasteiger partial charge in [-0.15, -0.1) is 0 Å². The summed E-state index contributed by atoms with van der Waals surface area (Å²) < 4.78 is 32.4. The highest BCUT2D eigenvalue weighted by molar-refractivity contribution is 5.80. The first-order valence-electron chi connectivity index (χ1n) is 8.12. The van der Waals surface area contributed by atoms with E-state index in [1.807, 2.05) is 18.2 Å². The van der Waals surface area contributed by atoms with Gasteiger partial charge in [-0.25, -0.2) is 13.8 Å². The maximum absolute atomic E-state index is 13.3. The molecule has 0 aliphatic carbocycles. The fourth-order valence-corrected chi connectivity index (χ4v) is 2.83. The van der Waals surface area contributed by atoms with E-state index in [0.29, 0.717) is 30.5 Å². The minimum absolute atomic E-state index is 0.0278. The van der Waals surface area contributed by atoms with Crippen molar-refractivity contribution in [1.29, 1.82) is 0 Å². The zero-order valence-electron chi connectivity index (χ0n) is 14.0. The fourth-order valence-electron chi connectivity index (χ4n) is 2.83. The number of guanidine groups is 1. The summed E-state index contributed by atoms with van der Waals surface area (Å²) >= 11 is 0. The van der Waals surface area contributed by atoms with Crippen LogP contribution in [0.2, 0.25) is 0 Å². The molecule has 3 rings (SSSR count). The van der Waals surface area contributed by atoms with Crippen molar-refractivity contribution >= 4 is 5.96 Å². The summed E-state index contributed by atoms with van der Waals surface area (Å²) in [5, 5.41) is 3.14. The molecule has 1 N–H and O–H groups in total. The van der Waals surface area contributed by atoms with Crippen LogP contribution in [0, 0.1) is 11.6 Å². The third kappa shape index (κ3) is 4.65. The summed E-state index contributed by atoms with van der Waals surface area (Å²) in [5.74, 6) is 0.109. The lowest BCUT2D eigenvalue weighted by molar-refractivity contribution is 0.205. The van der Waals surface area contributed by atoms with Crippen molar-refractivity contribution in [3.8, 4) is 5.88 Å². The van der Waals surface area contributed by atoms with Crippen molar-refractivity contribution in [2.45, 2.75) is 19.1 Å².